The highest BCUT2D eigenvalue weighted by Crippen LogP contribution is 2.43. The van der Waals surface area contributed by atoms with Gasteiger partial charge in [-0.05, 0) is 79.4 Å². The minimum absolute atomic E-state index is 0.694. The van der Waals surface area contributed by atoms with Gasteiger partial charge >= 0.3 is 0 Å². The standard InChI is InChI=1S/C55H40N4/c1-35-31-36(2)53(37(3)32-35)58-47-25-15-13-23-43(47)45-33-41(27-29-49(45)58)42-28-30-50-46(34-42)44-24-14-16-26-48(44)59(50)54-51(38-17-7-4-8-18-38)56-55(40-21-11-6-12-22-40)57-52(54)39-19-9-5-10-20-39/h4-34H,1-3H3. The van der Waals surface area contributed by atoms with E-state index in [0.29, 0.717) is 5.82 Å². The highest BCUT2D eigenvalue weighted by molar-refractivity contribution is 6.13. The van der Waals surface area contributed by atoms with Crippen molar-refractivity contribution >= 4 is 43.6 Å². The van der Waals surface area contributed by atoms with E-state index in [1.54, 1.807) is 0 Å². The zero-order valence-corrected chi connectivity index (χ0v) is 33.2. The molecule has 11 aromatic rings. The smallest absolute Gasteiger partial charge is 0.160 e. The number of nitrogens with zero attached hydrogens (tertiary/aromatic N) is 4. The largest absolute Gasteiger partial charge is 0.309 e. The highest BCUT2D eigenvalue weighted by atomic mass is 15.1. The van der Waals surface area contributed by atoms with Gasteiger partial charge in [0, 0.05) is 38.2 Å². The van der Waals surface area contributed by atoms with Crippen molar-refractivity contribution in [1.82, 2.24) is 19.1 Å². The molecular weight excluding hydrogens is 717 g/mol. The fourth-order valence-corrected chi connectivity index (χ4v) is 9.29. The Morgan fingerprint density at radius 3 is 1.19 bits per heavy atom. The van der Waals surface area contributed by atoms with Gasteiger partial charge < -0.3 is 9.13 Å². The second-order valence-corrected chi connectivity index (χ2v) is 15.6. The molecule has 0 saturated carbocycles. The summed E-state index contributed by atoms with van der Waals surface area (Å²) in [5.74, 6) is 0.694. The second-order valence-electron chi connectivity index (χ2n) is 15.6. The number of benzene rings is 8. The summed E-state index contributed by atoms with van der Waals surface area (Å²) in [6.45, 7) is 6.63. The Bertz CT molecular complexity index is 3310. The van der Waals surface area contributed by atoms with Gasteiger partial charge in [-0.2, -0.15) is 0 Å². The van der Waals surface area contributed by atoms with Crippen LogP contribution in [0.25, 0.3) is 100 Å². The van der Waals surface area contributed by atoms with Crippen molar-refractivity contribution in [3.05, 3.63) is 205 Å². The lowest BCUT2D eigenvalue weighted by Crippen LogP contribution is -2.06. The van der Waals surface area contributed by atoms with E-state index in [-0.39, 0.29) is 0 Å². The highest BCUT2D eigenvalue weighted by Gasteiger charge is 2.24. The van der Waals surface area contributed by atoms with Crippen LogP contribution >= 0.6 is 0 Å². The normalized spacial score (nSPS) is 11.6. The van der Waals surface area contributed by atoms with Crippen LogP contribution in [0.5, 0.6) is 0 Å². The molecule has 0 fully saturated rings. The molecule has 3 heterocycles. The number of fused-ring (bicyclic) bond motifs is 6. The minimum Gasteiger partial charge on any atom is -0.309 e. The molecule has 3 aromatic heterocycles. The molecule has 59 heavy (non-hydrogen) atoms. The summed E-state index contributed by atoms with van der Waals surface area (Å²) in [7, 11) is 0. The average Bonchev–Trinajstić information content (AvgIpc) is 3.78. The quantitative estimate of drug-likeness (QED) is 0.169. The van der Waals surface area contributed by atoms with E-state index in [1.165, 1.54) is 66.1 Å². The van der Waals surface area contributed by atoms with E-state index in [1.807, 2.05) is 18.2 Å². The monoisotopic (exact) mass is 756 g/mol. The van der Waals surface area contributed by atoms with Gasteiger partial charge in [0.25, 0.3) is 0 Å². The molecule has 0 atom stereocenters. The van der Waals surface area contributed by atoms with E-state index in [9.17, 15) is 0 Å². The van der Waals surface area contributed by atoms with Crippen molar-refractivity contribution in [2.24, 2.45) is 0 Å². The zero-order chi connectivity index (χ0) is 39.6. The molecule has 0 amide bonds. The zero-order valence-electron chi connectivity index (χ0n) is 33.2. The Morgan fingerprint density at radius 2 is 0.712 bits per heavy atom. The van der Waals surface area contributed by atoms with Gasteiger partial charge in [0.15, 0.2) is 5.82 Å². The molecule has 0 aliphatic heterocycles. The predicted molar refractivity (Wildman–Crippen MR) is 247 cm³/mol. The predicted octanol–water partition coefficient (Wildman–Crippen LogP) is 14.3. The molecule has 11 rings (SSSR count). The molecule has 0 aliphatic rings. The van der Waals surface area contributed by atoms with Crippen LogP contribution in [0.1, 0.15) is 16.7 Å². The van der Waals surface area contributed by atoms with Gasteiger partial charge in [-0.1, -0.05) is 157 Å². The maximum Gasteiger partial charge on any atom is 0.160 e. The van der Waals surface area contributed by atoms with Crippen LogP contribution in [-0.2, 0) is 0 Å². The van der Waals surface area contributed by atoms with Crippen LogP contribution < -0.4 is 0 Å². The van der Waals surface area contributed by atoms with Crippen molar-refractivity contribution in [3.8, 4) is 56.4 Å². The fraction of sp³-hybridized carbons (Fsp3) is 0.0545. The van der Waals surface area contributed by atoms with E-state index >= 15 is 0 Å². The third-order valence-corrected chi connectivity index (χ3v) is 11.8. The lowest BCUT2D eigenvalue weighted by atomic mass is 10.0. The van der Waals surface area contributed by atoms with Gasteiger partial charge in [-0.15, -0.1) is 0 Å². The molecule has 0 unspecified atom stereocenters. The molecule has 280 valence electrons. The van der Waals surface area contributed by atoms with Crippen molar-refractivity contribution in [2.45, 2.75) is 20.8 Å². The lowest BCUT2D eigenvalue weighted by Gasteiger charge is -2.19. The number of hydrogen-bond acceptors (Lipinski definition) is 2. The molecule has 8 aromatic carbocycles. The molecule has 0 radical (unpaired) electrons. The molecule has 0 spiro atoms. The van der Waals surface area contributed by atoms with Gasteiger partial charge in [-0.25, -0.2) is 9.97 Å². The second kappa shape index (κ2) is 13.8. The maximum atomic E-state index is 5.39. The number of aryl methyl sites for hydroxylation is 3. The van der Waals surface area contributed by atoms with Crippen molar-refractivity contribution in [2.75, 3.05) is 0 Å². The van der Waals surface area contributed by atoms with Crippen LogP contribution in [0.15, 0.2) is 188 Å². The number of hydrogen-bond donors (Lipinski definition) is 0. The third kappa shape index (κ3) is 5.67. The molecule has 0 saturated heterocycles. The van der Waals surface area contributed by atoms with Gasteiger partial charge in [-0.3, -0.25) is 0 Å². The number of aromatic nitrogens is 4. The first-order chi connectivity index (χ1) is 29.0. The summed E-state index contributed by atoms with van der Waals surface area (Å²) in [4.78, 5) is 10.8. The van der Waals surface area contributed by atoms with Crippen molar-refractivity contribution in [1.29, 1.82) is 0 Å². The fourth-order valence-electron chi connectivity index (χ4n) is 9.29. The molecular formula is C55H40N4. The summed E-state index contributed by atoms with van der Waals surface area (Å²) >= 11 is 0. The Balaban J connectivity index is 1.16. The Hall–Kier alpha value is -7.56. The van der Waals surface area contributed by atoms with E-state index in [0.717, 1.165) is 44.8 Å². The van der Waals surface area contributed by atoms with Crippen LogP contribution in [0, 0.1) is 20.8 Å². The van der Waals surface area contributed by atoms with Crippen molar-refractivity contribution in [3.63, 3.8) is 0 Å². The maximum absolute atomic E-state index is 5.39. The van der Waals surface area contributed by atoms with Crippen molar-refractivity contribution < 1.29 is 0 Å². The van der Waals surface area contributed by atoms with Gasteiger partial charge in [0.05, 0.1) is 44.8 Å². The first-order valence-corrected chi connectivity index (χ1v) is 20.3. The molecule has 0 N–H and O–H groups in total. The average molecular weight is 757 g/mol. The minimum atomic E-state index is 0.694. The van der Waals surface area contributed by atoms with Gasteiger partial charge in [0.2, 0.25) is 0 Å². The Morgan fingerprint density at radius 1 is 0.322 bits per heavy atom. The molecule has 4 heteroatoms. The molecule has 0 bridgehead atoms. The van der Waals surface area contributed by atoms with Crippen LogP contribution in [0.3, 0.4) is 0 Å². The first-order valence-electron chi connectivity index (χ1n) is 20.3. The SMILES string of the molecule is Cc1cc(C)c(-n2c3ccccc3c3cc(-c4ccc5c(c4)c4ccccc4n5-c4c(-c5ccccc5)nc(-c5ccccc5)nc4-c4ccccc4)ccc32)c(C)c1. The summed E-state index contributed by atoms with van der Waals surface area (Å²) in [6.07, 6.45) is 0. The summed E-state index contributed by atoms with van der Waals surface area (Å²) < 4.78 is 4.84. The van der Waals surface area contributed by atoms with Crippen LogP contribution in [-0.4, -0.2) is 19.1 Å². The summed E-state index contributed by atoms with van der Waals surface area (Å²) in [6, 6.07) is 67.3. The van der Waals surface area contributed by atoms with E-state index < -0.39 is 0 Å². The summed E-state index contributed by atoms with van der Waals surface area (Å²) in [5, 5.41) is 4.85. The number of para-hydroxylation sites is 2. The lowest BCUT2D eigenvalue weighted by molar-refractivity contribution is 1.09. The Labute approximate surface area is 343 Å². The topological polar surface area (TPSA) is 35.6 Å². The molecule has 0 aliphatic carbocycles. The number of rotatable bonds is 6. The molecule has 4 nitrogen and oxygen atoms in total. The summed E-state index contributed by atoms with van der Waals surface area (Å²) in [5.41, 5.74) is 17.8. The third-order valence-electron chi connectivity index (χ3n) is 11.8. The van der Waals surface area contributed by atoms with E-state index in [2.05, 4.69) is 200 Å². The van der Waals surface area contributed by atoms with Gasteiger partial charge in [0.1, 0.15) is 0 Å². The first kappa shape index (κ1) is 34.7. The van der Waals surface area contributed by atoms with Crippen LogP contribution in [0.2, 0.25) is 0 Å². The van der Waals surface area contributed by atoms with Crippen LogP contribution in [0.4, 0.5) is 0 Å². The van der Waals surface area contributed by atoms with E-state index in [4.69, 9.17) is 9.97 Å². The Kier molecular flexibility index (Phi) is 8.12.